The molecule has 70 valence electrons. The minimum atomic E-state index is -2.27. The van der Waals surface area contributed by atoms with Gasteiger partial charge in [-0.25, -0.2) is 0 Å². The molecule has 0 unspecified atom stereocenters. The van der Waals surface area contributed by atoms with E-state index in [-0.39, 0.29) is 0 Å². The van der Waals surface area contributed by atoms with Crippen LogP contribution in [0.15, 0.2) is 11.1 Å². The van der Waals surface area contributed by atoms with Gasteiger partial charge >= 0.3 is 0 Å². The average Bonchev–Trinajstić information content (AvgIpc) is 2.24. The second-order valence-corrected chi connectivity index (χ2v) is 6.04. The Balaban J connectivity index is 2.52. The molecule has 0 amide bonds. The molecule has 0 saturated carbocycles. The van der Waals surface area contributed by atoms with Crippen LogP contribution in [0, 0.1) is 0 Å². The third kappa shape index (κ3) is 2.21. The normalized spacial score (nSPS) is 21.9. The monoisotopic (exact) mass is 188 g/mol. The summed E-state index contributed by atoms with van der Waals surface area (Å²) in [4.78, 5) is 0. The molecular weight excluding hydrogens is 171 g/mol. The Bertz CT molecular complexity index is 225. The predicted molar refractivity (Wildman–Crippen MR) is 52.0 cm³/mol. The van der Waals surface area contributed by atoms with Crippen molar-refractivity contribution in [1.82, 2.24) is 0 Å². The Morgan fingerprint density at radius 3 is 2.25 bits per heavy atom. The average molecular weight is 188 g/mol. The Labute approximate surface area is 74.5 Å². The van der Waals surface area contributed by atoms with Crippen LogP contribution in [-0.4, -0.2) is 18.9 Å². The zero-order valence-electron chi connectivity index (χ0n) is 8.09. The first-order valence-electron chi connectivity index (χ1n) is 4.45. The Morgan fingerprint density at radius 2 is 1.83 bits per heavy atom. The molecule has 0 aromatic rings. The fraction of sp³-hybridized carbons (Fsp3) is 0.778. The van der Waals surface area contributed by atoms with Crippen molar-refractivity contribution < 1.29 is 9.09 Å². The molecule has 0 bridgehead atoms. The SMILES string of the molecule is CCCOP1(=O)CC(C)=C(C)C1. The van der Waals surface area contributed by atoms with Crippen LogP contribution in [0.1, 0.15) is 27.2 Å². The van der Waals surface area contributed by atoms with Gasteiger partial charge in [-0.3, -0.25) is 4.57 Å². The standard InChI is InChI=1S/C9H17O2P/c1-4-5-11-12(10)6-8(2)9(3)7-12/h4-7H2,1-3H3. The van der Waals surface area contributed by atoms with Crippen molar-refractivity contribution in [1.29, 1.82) is 0 Å². The second kappa shape index (κ2) is 3.76. The van der Waals surface area contributed by atoms with Gasteiger partial charge in [0.1, 0.15) is 0 Å². The lowest BCUT2D eigenvalue weighted by Crippen LogP contribution is -1.95. The largest absolute Gasteiger partial charge is 0.328 e. The number of hydrogen-bond donors (Lipinski definition) is 0. The van der Waals surface area contributed by atoms with Gasteiger partial charge in [0.15, 0.2) is 0 Å². The molecule has 3 heteroatoms. The van der Waals surface area contributed by atoms with Gasteiger partial charge in [0.25, 0.3) is 0 Å². The highest BCUT2D eigenvalue weighted by atomic mass is 31.2. The molecule has 1 rings (SSSR count). The molecule has 0 aromatic heterocycles. The summed E-state index contributed by atoms with van der Waals surface area (Å²) in [5.74, 6) is 0. The Hall–Kier alpha value is -0.0700. The zero-order valence-corrected chi connectivity index (χ0v) is 8.99. The number of rotatable bonds is 3. The maximum atomic E-state index is 11.9. The summed E-state index contributed by atoms with van der Waals surface area (Å²) in [6.07, 6.45) is 2.31. The molecule has 0 saturated heterocycles. The highest BCUT2D eigenvalue weighted by Crippen LogP contribution is 2.54. The van der Waals surface area contributed by atoms with Gasteiger partial charge in [-0.1, -0.05) is 18.1 Å². The van der Waals surface area contributed by atoms with Crippen molar-refractivity contribution in [2.45, 2.75) is 27.2 Å². The summed E-state index contributed by atoms with van der Waals surface area (Å²) in [6.45, 7) is 6.77. The van der Waals surface area contributed by atoms with Gasteiger partial charge in [-0.2, -0.15) is 0 Å². The zero-order chi connectivity index (χ0) is 9.19. The summed E-state index contributed by atoms with van der Waals surface area (Å²) in [6, 6.07) is 0. The van der Waals surface area contributed by atoms with Gasteiger partial charge in [0.2, 0.25) is 7.37 Å². The molecular formula is C9H17O2P. The van der Waals surface area contributed by atoms with E-state index in [1.54, 1.807) is 0 Å². The molecule has 0 N–H and O–H groups in total. The molecule has 0 fully saturated rings. The lowest BCUT2D eigenvalue weighted by molar-refractivity contribution is 0.317. The van der Waals surface area contributed by atoms with Crippen LogP contribution in [0.5, 0.6) is 0 Å². The maximum absolute atomic E-state index is 11.9. The van der Waals surface area contributed by atoms with E-state index in [2.05, 4.69) is 0 Å². The van der Waals surface area contributed by atoms with Gasteiger partial charge < -0.3 is 4.52 Å². The first-order valence-corrected chi connectivity index (χ1v) is 6.45. The van der Waals surface area contributed by atoms with E-state index in [9.17, 15) is 4.57 Å². The topological polar surface area (TPSA) is 26.3 Å². The van der Waals surface area contributed by atoms with Crippen LogP contribution in [-0.2, 0) is 9.09 Å². The van der Waals surface area contributed by atoms with Gasteiger partial charge in [0.05, 0.1) is 6.61 Å². The van der Waals surface area contributed by atoms with Crippen LogP contribution in [0.25, 0.3) is 0 Å². The first-order chi connectivity index (χ1) is 5.57. The van der Waals surface area contributed by atoms with Crippen molar-refractivity contribution in [2.75, 3.05) is 18.9 Å². The number of hydrogen-bond acceptors (Lipinski definition) is 2. The molecule has 2 nitrogen and oxygen atoms in total. The van der Waals surface area contributed by atoms with E-state index in [0.717, 1.165) is 6.42 Å². The van der Waals surface area contributed by atoms with E-state index >= 15 is 0 Å². The van der Waals surface area contributed by atoms with Crippen molar-refractivity contribution in [3.05, 3.63) is 11.1 Å². The summed E-state index contributed by atoms with van der Waals surface area (Å²) in [5.41, 5.74) is 2.52. The quantitative estimate of drug-likeness (QED) is 0.502. The minimum absolute atomic E-state index is 0.637. The van der Waals surface area contributed by atoms with E-state index in [1.807, 2.05) is 20.8 Å². The van der Waals surface area contributed by atoms with Gasteiger partial charge in [-0.15, -0.1) is 0 Å². The summed E-state index contributed by atoms with van der Waals surface area (Å²) in [7, 11) is -2.27. The Morgan fingerprint density at radius 1 is 1.33 bits per heavy atom. The fourth-order valence-corrected chi connectivity index (χ4v) is 4.19. The van der Waals surface area contributed by atoms with Crippen molar-refractivity contribution in [3.63, 3.8) is 0 Å². The molecule has 0 atom stereocenters. The number of allylic oxidation sites excluding steroid dienone is 2. The molecule has 0 aromatic carbocycles. The molecule has 0 spiro atoms. The van der Waals surface area contributed by atoms with Crippen LogP contribution < -0.4 is 0 Å². The third-order valence-corrected chi connectivity index (χ3v) is 4.78. The van der Waals surface area contributed by atoms with Crippen molar-refractivity contribution in [2.24, 2.45) is 0 Å². The summed E-state index contributed by atoms with van der Waals surface area (Å²) in [5, 5.41) is 0. The van der Waals surface area contributed by atoms with E-state index in [0.29, 0.717) is 18.9 Å². The van der Waals surface area contributed by atoms with Crippen LogP contribution in [0.2, 0.25) is 0 Å². The summed E-state index contributed by atoms with van der Waals surface area (Å²) < 4.78 is 17.3. The van der Waals surface area contributed by atoms with Crippen molar-refractivity contribution in [3.8, 4) is 0 Å². The molecule has 12 heavy (non-hydrogen) atoms. The fourth-order valence-electron chi connectivity index (χ4n) is 1.40. The van der Waals surface area contributed by atoms with Crippen LogP contribution in [0.3, 0.4) is 0 Å². The second-order valence-electron chi connectivity index (χ2n) is 3.52. The third-order valence-electron chi connectivity index (χ3n) is 2.22. The Kier molecular flexibility index (Phi) is 3.14. The van der Waals surface area contributed by atoms with E-state index in [4.69, 9.17) is 4.52 Å². The molecule has 1 aliphatic heterocycles. The van der Waals surface area contributed by atoms with Crippen LogP contribution in [0.4, 0.5) is 0 Å². The highest BCUT2D eigenvalue weighted by molar-refractivity contribution is 7.59. The lowest BCUT2D eigenvalue weighted by Gasteiger charge is -2.11. The first kappa shape index (κ1) is 10.0. The maximum Gasteiger partial charge on any atom is 0.211 e. The van der Waals surface area contributed by atoms with Gasteiger partial charge in [0, 0.05) is 12.3 Å². The summed E-state index contributed by atoms with van der Waals surface area (Å²) >= 11 is 0. The van der Waals surface area contributed by atoms with Crippen molar-refractivity contribution >= 4 is 7.37 Å². The highest BCUT2D eigenvalue weighted by Gasteiger charge is 2.30. The molecule has 1 heterocycles. The molecule has 1 aliphatic rings. The van der Waals surface area contributed by atoms with E-state index < -0.39 is 7.37 Å². The van der Waals surface area contributed by atoms with E-state index in [1.165, 1.54) is 11.1 Å². The smallest absolute Gasteiger partial charge is 0.211 e. The minimum Gasteiger partial charge on any atom is -0.328 e. The molecule has 0 aliphatic carbocycles. The lowest BCUT2D eigenvalue weighted by atomic mass is 10.2. The van der Waals surface area contributed by atoms with Crippen LogP contribution >= 0.6 is 7.37 Å². The molecule has 0 radical (unpaired) electrons. The predicted octanol–water partition coefficient (Wildman–Crippen LogP) is 3.04. The van der Waals surface area contributed by atoms with Gasteiger partial charge in [-0.05, 0) is 20.3 Å².